The van der Waals surface area contributed by atoms with Crippen LogP contribution in [0.1, 0.15) is 18.4 Å². The number of aldehydes is 1. The zero-order valence-corrected chi connectivity index (χ0v) is 13.7. The molecule has 1 aromatic carbocycles. The van der Waals surface area contributed by atoms with Crippen molar-refractivity contribution < 1.29 is 22.8 Å². The fourth-order valence-corrected chi connectivity index (χ4v) is 3.12. The first kappa shape index (κ1) is 18.0. The van der Waals surface area contributed by atoms with Crippen LogP contribution in [0.3, 0.4) is 0 Å². The Morgan fingerprint density at radius 1 is 1.27 bits per heavy atom. The third-order valence-corrected chi connectivity index (χ3v) is 4.38. The molecule has 1 atom stereocenters. The lowest BCUT2D eigenvalue weighted by Gasteiger charge is -2.34. The number of carbonyl (C=O) groups is 2. The van der Waals surface area contributed by atoms with Crippen LogP contribution < -0.4 is 0 Å². The van der Waals surface area contributed by atoms with Gasteiger partial charge in [-0.05, 0) is 24.1 Å². The minimum Gasteiger partial charge on any atom is -0.327 e. The van der Waals surface area contributed by atoms with E-state index in [1.807, 2.05) is 0 Å². The van der Waals surface area contributed by atoms with E-state index in [9.17, 15) is 22.8 Å². The fourth-order valence-electron chi connectivity index (χ4n) is 3.12. The van der Waals surface area contributed by atoms with Crippen molar-refractivity contribution in [1.82, 2.24) is 9.88 Å². The summed E-state index contributed by atoms with van der Waals surface area (Å²) in [5, 5.41) is 0.690. The monoisotopic (exact) mass is 363 g/mol. The van der Waals surface area contributed by atoms with Gasteiger partial charge in [-0.25, -0.2) is 0 Å². The molecule has 8 heteroatoms. The van der Waals surface area contributed by atoms with Crippen LogP contribution in [0.15, 0.2) is 41.5 Å². The second kappa shape index (κ2) is 7.23. The quantitative estimate of drug-likeness (QED) is 0.785. The molecule has 0 bridgehead atoms. The Balaban J connectivity index is 1.97. The molecule has 0 spiro atoms. The van der Waals surface area contributed by atoms with E-state index in [-0.39, 0.29) is 31.6 Å². The van der Waals surface area contributed by atoms with Gasteiger partial charge in [-0.2, -0.15) is 13.2 Å². The predicted molar refractivity (Wildman–Crippen MR) is 89.7 cm³/mol. The van der Waals surface area contributed by atoms with E-state index in [0.717, 1.165) is 4.90 Å². The zero-order valence-electron chi connectivity index (χ0n) is 13.7. The molecule has 1 aliphatic rings. The number of hydrogen-bond donors (Lipinski definition) is 0. The highest BCUT2D eigenvalue weighted by Crippen LogP contribution is 2.27. The normalized spacial score (nSPS) is 17.7. The summed E-state index contributed by atoms with van der Waals surface area (Å²) < 4.78 is 39.4. The van der Waals surface area contributed by atoms with Gasteiger partial charge in [0.05, 0.1) is 11.2 Å². The molecule has 1 amide bonds. The molecule has 2 aromatic rings. The molecule has 0 aliphatic carbocycles. The number of pyridine rings is 1. The zero-order chi connectivity index (χ0) is 18.7. The number of benzene rings is 1. The third kappa shape index (κ3) is 3.74. The van der Waals surface area contributed by atoms with Crippen molar-refractivity contribution in [1.29, 1.82) is 0 Å². The Hall–Kier alpha value is -2.77. The largest absolute Gasteiger partial charge is 0.471 e. The van der Waals surface area contributed by atoms with Gasteiger partial charge in [0.1, 0.15) is 0 Å². The number of aromatic nitrogens is 1. The molecule has 0 saturated heterocycles. The van der Waals surface area contributed by atoms with E-state index >= 15 is 0 Å². The van der Waals surface area contributed by atoms with Crippen LogP contribution in [-0.2, 0) is 16.1 Å². The topological polar surface area (TPSA) is 62.6 Å². The molecule has 0 fully saturated rings. The minimum atomic E-state index is -4.99. The van der Waals surface area contributed by atoms with Crippen molar-refractivity contribution >= 4 is 28.8 Å². The summed E-state index contributed by atoms with van der Waals surface area (Å²) in [6, 6.07) is 7.94. The van der Waals surface area contributed by atoms with Crippen LogP contribution in [0.2, 0.25) is 0 Å². The van der Waals surface area contributed by atoms with Crippen molar-refractivity contribution in [2.24, 2.45) is 4.99 Å². The number of carbonyl (C=O) groups excluding carboxylic acids is 2. The molecule has 3 rings (SSSR count). The van der Waals surface area contributed by atoms with Gasteiger partial charge in [-0.3, -0.25) is 19.6 Å². The summed E-state index contributed by atoms with van der Waals surface area (Å²) in [5.41, 5.74) is 1.40. The van der Waals surface area contributed by atoms with Crippen molar-refractivity contribution in [3.05, 3.63) is 42.1 Å². The molecule has 1 unspecified atom stereocenters. The summed E-state index contributed by atoms with van der Waals surface area (Å²) in [7, 11) is 0. The van der Waals surface area contributed by atoms with Gasteiger partial charge in [0.25, 0.3) is 0 Å². The van der Waals surface area contributed by atoms with Gasteiger partial charge >= 0.3 is 12.1 Å². The molecule has 1 aromatic heterocycles. The first-order valence-electron chi connectivity index (χ1n) is 8.09. The molecule has 1 aliphatic heterocycles. The molecular formula is C18H16F3N3O2. The number of fused-ring (bicyclic) bond motifs is 1. The lowest BCUT2D eigenvalue weighted by Crippen LogP contribution is -2.48. The van der Waals surface area contributed by atoms with Crippen molar-refractivity contribution in [2.45, 2.75) is 31.6 Å². The van der Waals surface area contributed by atoms with Crippen LogP contribution in [0, 0.1) is 0 Å². The maximum atomic E-state index is 13.1. The lowest BCUT2D eigenvalue weighted by atomic mass is 10.00. The third-order valence-electron chi connectivity index (χ3n) is 4.38. The average molecular weight is 363 g/mol. The number of nitrogens with zero attached hydrogens (tertiary/aromatic N) is 3. The second-order valence-corrected chi connectivity index (χ2v) is 6.06. The minimum absolute atomic E-state index is 0.0222. The van der Waals surface area contributed by atoms with E-state index in [1.165, 1.54) is 6.20 Å². The number of para-hydroxylation sites is 1. The average Bonchev–Trinajstić information content (AvgIpc) is 2.65. The molecule has 5 nitrogen and oxygen atoms in total. The Bertz CT molecular complexity index is 859. The Morgan fingerprint density at radius 2 is 2.04 bits per heavy atom. The maximum Gasteiger partial charge on any atom is 0.471 e. The Morgan fingerprint density at radius 3 is 2.77 bits per heavy atom. The van der Waals surface area contributed by atoms with Crippen LogP contribution in [0.4, 0.5) is 13.2 Å². The first-order chi connectivity index (χ1) is 12.4. The summed E-state index contributed by atoms with van der Waals surface area (Å²) in [4.78, 5) is 32.0. The summed E-state index contributed by atoms with van der Waals surface area (Å²) >= 11 is 0. The van der Waals surface area contributed by atoms with Crippen LogP contribution >= 0.6 is 0 Å². The summed E-state index contributed by atoms with van der Waals surface area (Å²) in [5.74, 6) is -1.91. The lowest BCUT2D eigenvalue weighted by molar-refractivity contribution is -0.188. The number of rotatable bonds is 4. The predicted octanol–water partition coefficient (Wildman–Crippen LogP) is 2.93. The van der Waals surface area contributed by atoms with Crippen molar-refractivity contribution in [3.8, 4) is 0 Å². The van der Waals surface area contributed by atoms with Gasteiger partial charge in [-0.1, -0.05) is 18.2 Å². The highest BCUT2D eigenvalue weighted by molar-refractivity contribution is 6.28. The number of halogens is 3. The Kier molecular flexibility index (Phi) is 5.01. The molecule has 0 saturated carbocycles. The summed E-state index contributed by atoms with van der Waals surface area (Å²) in [6.45, 7) is 0.00957. The number of aliphatic imine (C=N–C) groups is 1. The SMILES string of the molecule is O=CC1=NCCC(N(Cc2ccnc3ccccc23)C(=O)C(F)(F)F)C1. The van der Waals surface area contributed by atoms with Gasteiger partial charge in [0.2, 0.25) is 0 Å². The van der Waals surface area contributed by atoms with Crippen LogP contribution in [0.25, 0.3) is 10.9 Å². The fraction of sp³-hybridized carbons (Fsp3) is 0.333. The molecule has 0 radical (unpaired) electrons. The highest BCUT2D eigenvalue weighted by atomic mass is 19.4. The Labute approximate surface area is 147 Å². The number of alkyl halides is 3. The van der Waals surface area contributed by atoms with E-state index < -0.39 is 18.1 Å². The number of hydrogen-bond acceptors (Lipinski definition) is 4. The van der Waals surface area contributed by atoms with Gasteiger partial charge < -0.3 is 4.90 Å². The molecule has 0 N–H and O–H groups in total. The maximum absolute atomic E-state index is 13.1. The van der Waals surface area contributed by atoms with E-state index in [2.05, 4.69) is 9.98 Å². The van der Waals surface area contributed by atoms with E-state index in [4.69, 9.17) is 0 Å². The van der Waals surface area contributed by atoms with Crippen LogP contribution in [0.5, 0.6) is 0 Å². The van der Waals surface area contributed by atoms with E-state index in [1.54, 1.807) is 30.3 Å². The standard InChI is InChI=1S/C18H16F3N3O2/c19-18(20,21)17(26)24(14-6-8-22-13(9-14)11-25)10-12-5-7-23-16-4-2-1-3-15(12)16/h1-5,7,11,14H,6,8-10H2. The van der Waals surface area contributed by atoms with Crippen molar-refractivity contribution in [3.63, 3.8) is 0 Å². The van der Waals surface area contributed by atoms with Crippen molar-refractivity contribution in [2.75, 3.05) is 6.54 Å². The number of amides is 1. The molecule has 136 valence electrons. The van der Waals surface area contributed by atoms with Gasteiger partial charge in [0.15, 0.2) is 6.29 Å². The molecular weight excluding hydrogens is 347 g/mol. The first-order valence-corrected chi connectivity index (χ1v) is 8.09. The van der Waals surface area contributed by atoms with Gasteiger partial charge in [0, 0.05) is 37.1 Å². The molecule has 26 heavy (non-hydrogen) atoms. The second-order valence-electron chi connectivity index (χ2n) is 6.06. The molecule has 2 heterocycles. The smallest absolute Gasteiger partial charge is 0.327 e. The van der Waals surface area contributed by atoms with E-state index in [0.29, 0.717) is 22.8 Å². The van der Waals surface area contributed by atoms with Gasteiger partial charge in [-0.15, -0.1) is 0 Å². The summed E-state index contributed by atoms with van der Waals surface area (Å²) in [6.07, 6.45) is -2.65. The van der Waals surface area contributed by atoms with Crippen LogP contribution in [-0.4, -0.2) is 46.6 Å². The highest BCUT2D eigenvalue weighted by Gasteiger charge is 2.45.